The molecule has 1 aromatic heterocycles. The van der Waals surface area contributed by atoms with Gasteiger partial charge >= 0.3 is 0 Å². The third kappa shape index (κ3) is 3.45. The van der Waals surface area contributed by atoms with E-state index in [2.05, 4.69) is 40.7 Å². The molecule has 4 nitrogen and oxygen atoms in total. The number of aryl methyl sites for hydroxylation is 1. The van der Waals surface area contributed by atoms with Crippen molar-refractivity contribution in [2.24, 2.45) is 17.6 Å². The molecular formula is C16H24N4. The van der Waals surface area contributed by atoms with Crippen LogP contribution in [-0.2, 0) is 6.42 Å². The molecule has 1 atom stereocenters. The first-order chi connectivity index (χ1) is 9.61. The minimum Gasteiger partial charge on any atom is -0.330 e. The van der Waals surface area contributed by atoms with Gasteiger partial charge < -0.3 is 5.73 Å². The largest absolute Gasteiger partial charge is 0.330 e. The maximum atomic E-state index is 5.91. The molecular weight excluding hydrogens is 248 g/mol. The molecule has 1 aromatic carbocycles. The number of nitrogens with zero attached hydrogens (tertiary/aromatic N) is 3. The minimum absolute atomic E-state index is 0.459. The van der Waals surface area contributed by atoms with E-state index in [4.69, 9.17) is 5.73 Å². The molecule has 2 N–H and O–H groups in total. The van der Waals surface area contributed by atoms with Gasteiger partial charge in [-0.3, -0.25) is 4.57 Å². The fraction of sp³-hybridized carbons (Fsp3) is 0.500. The molecule has 2 rings (SSSR count). The zero-order chi connectivity index (χ0) is 14.5. The molecule has 2 aromatic rings. The molecule has 0 spiro atoms. The normalized spacial score (nSPS) is 12.8. The van der Waals surface area contributed by atoms with Crippen LogP contribution in [-0.4, -0.2) is 21.3 Å². The van der Waals surface area contributed by atoms with E-state index in [1.165, 1.54) is 0 Å². The van der Waals surface area contributed by atoms with Crippen molar-refractivity contribution in [3.8, 4) is 5.69 Å². The van der Waals surface area contributed by atoms with Crippen LogP contribution >= 0.6 is 0 Å². The third-order valence-corrected chi connectivity index (χ3v) is 3.52. The SMILES string of the molecule is Cc1nnc(C[C@@H](CN)CC(C)C)n1-c1ccccc1. The van der Waals surface area contributed by atoms with Crippen LogP contribution in [0.1, 0.15) is 31.9 Å². The zero-order valence-corrected chi connectivity index (χ0v) is 12.6. The first kappa shape index (κ1) is 14.7. The van der Waals surface area contributed by atoms with Crippen molar-refractivity contribution in [1.29, 1.82) is 0 Å². The van der Waals surface area contributed by atoms with E-state index in [1.807, 2.05) is 25.1 Å². The lowest BCUT2D eigenvalue weighted by atomic mass is 9.94. The second-order valence-electron chi connectivity index (χ2n) is 5.77. The van der Waals surface area contributed by atoms with Gasteiger partial charge in [-0.1, -0.05) is 32.0 Å². The number of nitrogens with two attached hydrogens (primary N) is 1. The molecule has 20 heavy (non-hydrogen) atoms. The summed E-state index contributed by atoms with van der Waals surface area (Å²) in [4.78, 5) is 0. The van der Waals surface area contributed by atoms with Gasteiger partial charge in [-0.25, -0.2) is 0 Å². The molecule has 0 radical (unpaired) electrons. The molecule has 0 saturated heterocycles. The van der Waals surface area contributed by atoms with Crippen molar-refractivity contribution in [2.45, 2.75) is 33.6 Å². The smallest absolute Gasteiger partial charge is 0.137 e. The molecule has 108 valence electrons. The molecule has 0 amide bonds. The van der Waals surface area contributed by atoms with E-state index in [9.17, 15) is 0 Å². The van der Waals surface area contributed by atoms with E-state index in [1.54, 1.807) is 0 Å². The highest BCUT2D eigenvalue weighted by molar-refractivity contribution is 5.33. The predicted molar refractivity (Wildman–Crippen MR) is 81.8 cm³/mol. The number of hydrogen-bond donors (Lipinski definition) is 1. The molecule has 0 aliphatic carbocycles. The number of aromatic nitrogens is 3. The van der Waals surface area contributed by atoms with Crippen LogP contribution < -0.4 is 5.73 Å². The van der Waals surface area contributed by atoms with Gasteiger partial charge in [0.25, 0.3) is 0 Å². The van der Waals surface area contributed by atoms with Gasteiger partial charge in [-0.05, 0) is 43.9 Å². The first-order valence-corrected chi connectivity index (χ1v) is 7.28. The lowest BCUT2D eigenvalue weighted by Crippen LogP contribution is -2.20. The summed E-state index contributed by atoms with van der Waals surface area (Å²) in [5.41, 5.74) is 7.02. The summed E-state index contributed by atoms with van der Waals surface area (Å²) >= 11 is 0. The standard InChI is InChI=1S/C16H24N4/c1-12(2)9-14(11-17)10-16-19-18-13(3)20(16)15-7-5-4-6-8-15/h4-8,12,14H,9-11,17H2,1-3H3/t14-/m0/s1. The average molecular weight is 272 g/mol. The molecule has 1 heterocycles. The van der Waals surface area contributed by atoms with Gasteiger partial charge in [-0.2, -0.15) is 0 Å². The number of benzene rings is 1. The van der Waals surface area contributed by atoms with Gasteiger partial charge in [0.15, 0.2) is 0 Å². The highest BCUT2D eigenvalue weighted by Crippen LogP contribution is 2.19. The van der Waals surface area contributed by atoms with E-state index >= 15 is 0 Å². The third-order valence-electron chi connectivity index (χ3n) is 3.52. The summed E-state index contributed by atoms with van der Waals surface area (Å²) in [6.45, 7) is 7.15. The van der Waals surface area contributed by atoms with E-state index in [0.717, 1.165) is 30.2 Å². The van der Waals surface area contributed by atoms with Crippen LogP contribution in [0, 0.1) is 18.8 Å². The Morgan fingerprint density at radius 1 is 1.15 bits per heavy atom. The Hall–Kier alpha value is -1.68. The quantitative estimate of drug-likeness (QED) is 0.879. The maximum Gasteiger partial charge on any atom is 0.137 e. The molecule has 0 aliphatic heterocycles. The predicted octanol–water partition coefficient (Wildman–Crippen LogP) is 2.74. The van der Waals surface area contributed by atoms with Gasteiger partial charge in [0.1, 0.15) is 11.6 Å². The Balaban J connectivity index is 2.25. The zero-order valence-electron chi connectivity index (χ0n) is 12.6. The van der Waals surface area contributed by atoms with Crippen molar-refractivity contribution >= 4 is 0 Å². The van der Waals surface area contributed by atoms with Crippen LogP contribution in [0.5, 0.6) is 0 Å². The average Bonchev–Trinajstić information content (AvgIpc) is 2.79. The maximum absolute atomic E-state index is 5.91. The Morgan fingerprint density at radius 3 is 2.45 bits per heavy atom. The second-order valence-corrected chi connectivity index (χ2v) is 5.77. The highest BCUT2D eigenvalue weighted by atomic mass is 15.3. The Bertz CT molecular complexity index is 531. The van der Waals surface area contributed by atoms with Crippen LogP contribution in [0.3, 0.4) is 0 Å². The van der Waals surface area contributed by atoms with Gasteiger partial charge in [-0.15, -0.1) is 10.2 Å². The monoisotopic (exact) mass is 272 g/mol. The molecule has 4 heteroatoms. The van der Waals surface area contributed by atoms with Crippen molar-refractivity contribution in [2.75, 3.05) is 6.54 Å². The summed E-state index contributed by atoms with van der Waals surface area (Å²) in [7, 11) is 0. The minimum atomic E-state index is 0.459. The van der Waals surface area contributed by atoms with Gasteiger partial charge in [0, 0.05) is 12.1 Å². The topological polar surface area (TPSA) is 56.7 Å². The molecule has 0 unspecified atom stereocenters. The highest BCUT2D eigenvalue weighted by Gasteiger charge is 2.16. The van der Waals surface area contributed by atoms with Gasteiger partial charge in [0.2, 0.25) is 0 Å². The van der Waals surface area contributed by atoms with E-state index < -0.39 is 0 Å². The van der Waals surface area contributed by atoms with Crippen LogP contribution in [0.25, 0.3) is 5.69 Å². The van der Waals surface area contributed by atoms with Crippen molar-refractivity contribution in [3.63, 3.8) is 0 Å². The fourth-order valence-electron chi connectivity index (χ4n) is 2.64. The summed E-state index contributed by atoms with van der Waals surface area (Å²) in [5.74, 6) is 3.04. The van der Waals surface area contributed by atoms with Crippen molar-refractivity contribution in [3.05, 3.63) is 42.0 Å². The van der Waals surface area contributed by atoms with Crippen LogP contribution in [0.15, 0.2) is 30.3 Å². The van der Waals surface area contributed by atoms with E-state index in [0.29, 0.717) is 18.4 Å². The Labute approximate surface area is 121 Å². The number of hydrogen-bond acceptors (Lipinski definition) is 3. The van der Waals surface area contributed by atoms with Crippen molar-refractivity contribution in [1.82, 2.24) is 14.8 Å². The van der Waals surface area contributed by atoms with Crippen LogP contribution in [0.2, 0.25) is 0 Å². The summed E-state index contributed by atoms with van der Waals surface area (Å²) < 4.78 is 2.13. The van der Waals surface area contributed by atoms with Gasteiger partial charge in [0.05, 0.1) is 0 Å². The van der Waals surface area contributed by atoms with Crippen molar-refractivity contribution < 1.29 is 0 Å². The summed E-state index contributed by atoms with van der Waals surface area (Å²) in [6.07, 6.45) is 2.00. The Morgan fingerprint density at radius 2 is 1.85 bits per heavy atom. The summed E-state index contributed by atoms with van der Waals surface area (Å²) in [5, 5.41) is 8.58. The molecule has 0 saturated carbocycles. The lowest BCUT2D eigenvalue weighted by Gasteiger charge is -2.17. The lowest BCUT2D eigenvalue weighted by molar-refractivity contribution is 0.406. The molecule has 0 bridgehead atoms. The fourth-order valence-corrected chi connectivity index (χ4v) is 2.64. The number of para-hydroxylation sites is 1. The second kappa shape index (κ2) is 6.66. The molecule has 0 fully saturated rings. The Kier molecular flexibility index (Phi) is 4.90. The number of rotatable bonds is 6. The van der Waals surface area contributed by atoms with E-state index in [-0.39, 0.29) is 0 Å². The van der Waals surface area contributed by atoms with Crippen LogP contribution in [0.4, 0.5) is 0 Å². The summed E-state index contributed by atoms with van der Waals surface area (Å²) in [6, 6.07) is 10.3. The first-order valence-electron chi connectivity index (χ1n) is 7.28. The molecule has 0 aliphatic rings.